The molecule has 0 amide bonds. The van der Waals surface area contributed by atoms with Crippen LogP contribution in [0, 0.1) is 0 Å². The minimum Gasteiger partial charge on any atom is -0.378 e. The van der Waals surface area contributed by atoms with Crippen LogP contribution in [0.3, 0.4) is 0 Å². The highest BCUT2D eigenvalue weighted by Crippen LogP contribution is 2.24. The summed E-state index contributed by atoms with van der Waals surface area (Å²) in [7, 11) is 0. The molecule has 8 nitrogen and oxygen atoms in total. The van der Waals surface area contributed by atoms with E-state index in [0.717, 1.165) is 16.5 Å². The third-order valence-electron chi connectivity index (χ3n) is 5.28. The van der Waals surface area contributed by atoms with Crippen LogP contribution >= 0.6 is 23.2 Å². The lowest BCUT2D eigenvalue weighted by Crippen LogP contribution is -2.37. The average molecular weight is 494 g/mol. The molecular formula is C24H21Cl2N7O. The van der Waals surface area contributed by atoms with E-state index in [1.54, 1.807) is 24.4 Å². The smallest absolute Gasteiger partial charge is 0.250 e. The molecule has 0 spiro atoms. The average Bonchev–Trinajstić information content (AvgIpc) is 2.86. The van der Waals surface area contributed by atoms with E-state index >= 15 is 0 Å². The number of ether oxygens (including phenoxy) is 1. The van der Waals surface area contributed by atoms with E-state index in [1.807, 2.05) is 18.2 Å². The number of aromatic nitrogens is 3. The van der Waals surface area contributed by atoms with E-state index in [1.165, 1.54) is 0 Å². The summed E-state index contributed by atoms with van der Waals surface area (Å²) in [6, 6.07) is 19.5. The predicted molar refractivity (Wildman–Crippen MR) is 138 cm³/mol. The molecule has 0 atom stereocenters. The molecule has 3 aromatic carbocycles. The number of anilines is 4. The van der Waals surface area contributed by atoms with E-state index in [-0.39, 0.29) is 0 Å². The zero-order valence-electron chi connectivity index (χ0n) is 18.1. The van der Waals surface area contributed by atoms with Crippen molar-refractivity contribution in [3.8, 4) is 0 Å². The van der Waals surface area contributed by atoms with Crippen LogP contribution in [0.25, 0.3) is 10.8 Å². The lowest BCUT2D eigenvalue weighted by atomic mass is 10.1. The highest BCUT2D eigenvalue weighted by Gasteiger charge is 2.17. The molecule has 10 heteroatoms. The summed E-state index contributed by atoms with van der Waals surface area (Å²) in [5.41, 5.74) is 4.35. The summed E-state index contributed by atoms with van der Waals surface area (Å²) < 4.78 is 5.46. The maximum absolute atomic E-state index is 6.22. The Morgan fingerprint density at radius 1 is 0.853 bits per heavy atom. The topological polar surface area (TPSA) is 87.6 Å². The van der Waals surface area contributed by atoms with Crippen LogP contribution in [0.15, 0.2) is 65.8 Å². The van der Waals surface area contributed by atoms with E-state index in [0.29, 0.717) is 59.8 Å². The zero-order valence-corrected chi connectivity index (χ0v) is 19.6. The molecule has 1 aliphatic heterocycles. The van der Waals surface area contributed by atoms with Gasteiger partial charge in [-0.15, -0.1) is 0 Å². The molecule has 0 unspecified atom stereocenters. The molecule has 1 aromatic heterocycles. The number of halogens is 2. The SMILES string of the molecule is Clc1cccc(Cl)c1/C=N/Nc1nc(Nc2ccc3ccccc3c2)nc(N2CCOCC2)n1. The zero-order chi connectivity index (χ0) is 23.3. The molecule has 0 radical (unpaired) electrons. The number of rotatable bonds is 6. The van der Waals surface area contributed by atoms with Crippen molar-refractivity contribution >= 4 is 63.7 Å². The van der Waals surface area contributed by atoms with Gasteiger partial charge in [0.05, 0.1) is 29.5 Å². The standard InChI is InChI=1S/C24H21Cl2N7O/c25-20-6-3-7-21(26)19(20)15-27-32-23-29-22(30-24(31-23)33-10-12-34-13-11-33)28-18-9-8-16-4-1-2-5-17(16)14-18/h1-9,14-15H,10-13H2,(H2,28,29,30,31,32)/b27-15+. The second-order valence-corrected chi connectivity index (χ2v) is 8.39. The van der Waals surface area contributed by atoms with Crippen molar-refractivity contribution in [2.75, 3.05) is 41.9 Å². The maximum atomic E-state index is 6.22. The van der Waals surface area contributed by atoms with Crippen molar-refractivity contribution in [3.05, 3.63) is 76.3 Å². The van der Waals surface area contributed by atoms with E-state index < -0.39 is 0 Å². The normalized spacial score (nSPS) is 14.0. The summed E-state index contributed by atoms with van der Waals surface area (Å²) in [5, 5.41) is 10.8. The largest absolute Gasteiger partial charge is 0.378 e. The fourth-order valence-corrected chi connectivity index (χ4v) is 4.06. The Labute approximate surface area is 206 Å². The minimum absolute atomic E-state index is 0.291. The Balaban J connectivity index is 1.43. The number of hydrazone groups is 1. The summed E-state index contributed by atoms with van der Waals surface area (Å²) in [6.45, 7) is 2.62. The molecule has 2 heterocycles. The van der Waals surface area contributed by atoms with Gasteiger partial charge in [0, 0.05) is 24.3 Å². The quantitative estimate of drug-likeness (QED) is 0.276. The van der Waals surface area contributed by atoms with Crippen molar-refractivity contribution in [2.24, 2.45) is 5.10 Å². The van der Waals surface area contributed by atoms with Crippen LogP contribution in [0.5, 0.6) is 0 Å². The van der Waals surface area contributed by atoms with Crippen molar-refractivity contribution in [2.45, 2.75) is 0 Å². The number of nitrogens with zero attached hydrogens (tertiary/aromatic N) is 5. The van der Waals surface area contributed by atoms with Crippen LogP contribution in [0.1, 0.15) is 5.56 Å². The van der Waals surface area contributed by atoms with Gasteiger partial charge >= 0.3 is 0 Å². The third-order valence-corrected chi connectivity index (χ3v) is 5.94. The summed E-state index contributed by atoms with van der Waals surface area (Å²) in [6.07, 6.45) is 1.54. The van der Waals surface area contributed by atoms with Crippen LogP contribution in [-0.2, 0) is 4.74 Å². The number of benzene rings is 3. The number of hydrogen-bond donors (Lipinski definition) is 2. The molecule has 1 saturated heterocycles. The first-order valence-corrected chi connectivity index (χ1v) is 11.5. The molecule has 4 aromatic rings. The molecular weight excluding hydrogens is 473 g/mol. The van der Waals surface area contributed by atoms with Gasteiger partial charge in [0.1, 0.15) is 0 Å². The Hall–Kier alpha value is -3.46. The van der Waals surface area contributed by atoms with Gasteiger partial charge < -0.3 is 15.0 Å². The highest BCUT2D eigenvalue weighted by molar-refractivity contribution is 6.38. The Kier molecular flexibility index (Phi) is 6.71. The van der Waals surface area contributed by atoms with E-state index in [2.05, 4.69) is 60.0 Å². The fraction of sp³-hybridized carbons (Fsp3) is 0.167. The molecule has 0 bridgehead atoms. The summed E-state index contributed by atoms with van der Waals surface area (Å²) in [5.74, 6) is 1.23. The van der Waals surface area contributed by atoms with Gasteiger partial charge in [0.2, 0.25) is 17.8 Å². The molecule has 5 rings (SSSR count). The van der Waals surface area contributed by atoms with Gasteiger partial charge in [0.25, 0.3) is 0 Å². The van der Waals surface area contributed by atoms with Gasteiger partial charge in [0.15, 0.2) is 0 Å². The van der Waals surface area contributed by atoms with Gasteiger partial charge in [-0.3, -0.25) is 0 Å². The lowest BCUT2D eigenvalue weighted by Gasteiger charge is -2.27. The number of hydrogen-bond acceptors (Lipinski definition) is 8. The van der Waals surface area contributed by atoms with Gasteiger partial charge in [-0.05, 0) is 35.0 Å². The van der Waals surface area contributed by atoms with Crippen molar-refractivity contribution in [1.29, 1.82) is 0 Å². The second kappa shape index (κ2) is 10.2. The van der Waals surface area contributed by atoms with Crippen LogP contribution < -0.4 is 15.6 Å². The first kappa shape index (κ1) is 22.3. The van der Waals surface area contributed by atoms with Gasteiger partial charge in [-0.2, -0.15) is 20.1 Å². The molecule has 1 aliphatic rings. The van der Waals surface area contributed by atoms with Crippen LogP contribution in [0.2, 0.25) is 10.0 Å². The Morgan fingerprint density at radius 3 is 2.38 bits per heavy atom. The number of morpholine rings is 1. The van der Waals surface area contributed by atoms with Crippen LogP contribution in [0.4, 0.5) is 23.5 Å². The second-order valence-electron chi connectivity index (χ2n) is 7.57. The predicted octanol–water partition coefficient (Wildman–Crippen LogP) is 5.36. The molecule has 172 valence electrons. The first-order valence-electron chi connectivity index (χ1n) is 10.7. The molecule has 0 saturated carbocycles. The van der Waals surface area contributed by atoms with Crippen LogP contribution in [-0.4, -0.2) is 47.5 Å². The monoisotopic (exact) mass is 493 g/mol. The first-order chi connectivity index (χ1) is 16.7. The fourth-order valence-electron chi connectivity index (χ4n) is 3.56. The Bertz CT molecular complexity index is 1320. The maximum Gasteiger partial charge on any atom is 0.250 e. The van der Waals surface area contributed by atoms with E-state index in [4.69, 9.17) is 27.9 Å². The summed E-state index contributed by atoms with van der Waals surface area (Å²) >= 11 is 12.4. The third kappa shape index (κ3) is 5.20. The number of fused-ring (bicyclic) bond motifs is 1. The molecule has 1 fully saturated rings. The molecule has 2 N–H and O–H groups in total. The van der Waals surface area contributed by atoms with Crippen molar-refractivity contribution in [1.82, 2.24) is 15.0 Å². The Morgan fingerprint density at radius 2 is 1.59 bits per heavy atom. The van der Waals surface area contributed by atoms with E-state index in [9.17, 15) is 0 Å². The van der Waals surface area contributed by atoms with Gasteiger partial charge in [-0.25, -0.2) is 5.43 Å². The summed E-state index contributed by atoms with van der Waals surface area (Å²) in [4.78, 5) is 15.7. The molecule has 0 aliphatic carbocycles. The highest BCUT2D eigenvalue weighted by atomic mass is 35.5. The molecule has 34 heavy (non-hydrogen) atoms. The lowest BCUT2D eigenvalue weighted by molar-refractivity contribution is 0.122. The van der Waals surface area contributed by atoms with Gasteiger partial charge in [-0.1, -0.05) is 59.6 Å². The van der Waals surface area contributed by atoms with Crippen molar-refractivity contribution < 1.29 is 4.74 Å². The minimum atomic E-state index is 0.291. The van der Waals surface area contributed by atoms with Crippen molar-refractivity contribution in [3.63, 3.8) is 0 Å². The number of nitrogens with one attached hydrogen (secondary N) is 2.